The molecule has 0 saturated carbocycles. The van der Waals surface area contributed by atoms with Crippen LogP contribution in [-0.2, 0) is 19.1 Å². The van der Waals surface area contributed by atoms with E-state index in [1.54, 1.807) is 0 Å². The zero-order valence-electron chi connectivity index (χ0n) is 9.74. The average molecular weight is 229 g/mol. The fourth-order valence-corrected chi connectivity index (χ4v) is 1.67. The lowest BCUT2D eigenvalue weighted by molar-refractivity contribution is -0.157. The predicted molar refractivity (Wildman–Crippen MR) is 57.9 cm³/mol. The van der Waals surface area contributed by atoms with Gasteiger partial charge >= 0.3 is 11.9 Å². The molecule has 0 unspecified atom stereocenters. The van der Waals surface area contributed by atoms with Crippen molar-refractivity contribution in [3.8, 4) is 0 Å². The fraction of sp³-hybridized carbons (Fsp3) is 0.818. The van der Waals surface area contributed by atoms with E-state index >= 15 is 0 Å². The Bertz CT molecular complexity index is 236. The molecule has 0 bridgehead atoms. The lowest BCUT2D eigenvalue weighted by atomic mass is 10.1. The normalized spacial score (nSPS) is 16.8. The number of likely N-dealkylation sites (tertiary alicyclic amines) is 1. The average Bonchev–Trinajstić information content (AvgIpc) is 2.28. The summed E-state index contributed by atoms with van der Waals surface area (Å²) in [5.41, 5.74) is 0. The summed E-state index contributed by atoms with van der Waals surface area (Å²) in [5, 5.41) is 0. The van der Waals surface area contributed by atoms with Gasteiger partial charge in [0.2, 0.25) is 0 Å². The van der Waals surface area contributed by atoms with Crippen molar-refractivity contribution in [2.75, 3.05) is 32.8 Å². The molecular formula is C11H19NO4. The van der Waals surface area contributed by atoms with Crippen LogP contribution in [0.2, 0.25) is 0 Å². The maximum absolute atomic E-state index is 11.1. The minimum absolute atomic E-state index is 0.282. The molecule has 5 nitrogen and oxygen atoms in total. The number of ether oxygens (including phenoxy) is 2. The second-order valence-corrected chi connectivity index (χ2v) is 3.90. The molecule has 0 atom stereocenters. The van der Waals surface area contributed by atoms with E-state index in [2.05, 4.69) is 9.64 Å². The Morgan fingerprint density at radius 2 is 1.81 bits per heavy atom. The molecule has 0 spiro atoms. The predicted octanol–water partition coefficient (Wildman–Crippen LogP) is 0.579. The first kappa shape index (κ1) is 13.0. The molecule has 0 aromatic rings. The second kappa shape index (κ2) is 7.22. The van der Waals surface area contributed by atoms with Gasteiger partial charge in [0.25, 0.3) is 0 Å². The molecule has 0 amide bonds. The van der Waals surface area contributed by atoms with Gasteiger partial charge < -0.3 is 9.47 Å². The SMILES string of the molecule is CC(=O)OCC(=O)OCCN1CCCCC1. The molecule has 5 heteroatoms. The summed E-state index contributed by atoms with van der Waals surface area (Å²) in [5.74, 6) is -0.944. The van der Waals surface area contributed by atoms with Crippen molar-refractivity contribution >= 4 is 11.9 Å². The first-order valence-electron chi connectivity index (χ1n) is 5.70. The number of hydrogen-bond donors (Lipinski definition) is 0. The van der Waals surface area contributed by atoms with Crippen LogP contribution in [-0.4, -0.2) is 49.7 Å². The van der Waals surface area contributed by atoms with Crippen LogP contribution in [0.3, 0.4) is 0 Å². The highest BCUT2D eigenvalue weighted by atomic mass is 16.6. The van der Waals surface area contributed by atoms with Crippen LogP contribution >= 0.6 is 0 Å². The van der Waals surface area contributed by atoms with E-state index < -0.39 is 11.9 Å². The van der Waals surface area contributed by atoms with E-state index in [1.165, 1.54) is 26.2 Å². The van der Waals surface area contributed by atoms with Crippen LogP contribution in [0, 0.1) is 0 Å². The summed E-state index contributed by atoms with van der Waals surface area (Å²) < 4.78 is 9.46. The molecule has 16 heavy (non-hydrogen) atoms. The summed E-state index contributed by atoms with van der Waals surface area (Å²) in [6, 6.07) is 0. The van der Waals surface area contributed by atoms with Crippen molar-refractivity contribution in [3.63, 3.8) is 0 Å². The van der Waals surface area contributed by atoms with Crippen LogP contribution in [0.15, 0.2) is 0 Å². The lowest BCUT2D eigenvalue weighted by Gasteiger charge is -2.25. The summed E-state index contributed by atoms with van der Waals surface area (Å²) in [7, 11) is 0. The monoisotopic (exact) mass is 229 g/mol. The Morgan fingerprint density at radius 3 is 2.44 bits per heavy atom. The minimum atomic E-state index is -0.479. The molecule has 0 aliphatic carbocycles. The van der Waals surface area contributed by atoms with E-state index in [0.717, 1.165) is 19.6 Å². The zero-order chi connectivity index (χ0) is 11.8. The van der Waals surface area contributed by atoms with Gasteiger partial charge in [-0.05, 0) is 25.9 Å². The Labute approximate surface area is 95.7 Å². The molecule has 1 aliphatic rings. The Balaban J connectivity index is 2.01. The molecule has 0 aromatic carbocycles. The summed E-state index contributed by atoms with van der Waals surface area (Å²) >= 11 is 0. The van der Waals surface area contributed by atoms with Gasteiger partial charge in [-0.25, -0.2) is 4.79 Å². The molecule has 1 heterocycles. The van der Waals surface area contributed by atoms with Crippen molar-refractivity contribution in [2.24, 2.45) is 0 Å². The number of rotatable bonds is 5. The third-order valence-corrected chi connectivity index (χ3v) is 2.51. The molecule has 1 fully saturated rings. The first-order valence-corrected chi connectivity index (χ1v) is 5.70. The molecule has 0 radical (unpaired) electrons. The van der Waals surface area contributed by atoms with E-state index in [4.69, 9.17) is 4.74 Å². The van der Waals surface area contributed by atoms with Gasteiger partial charge in [0.15, 0.2) is 6.61 Å². The second-order valence-electron chi connectivity index (χ2n) is 3.90. The van der Waals surface area contributed by atoms with Gasteiger partial charge in [-0.2, -0.15) is 0 Å². The number of piperidine rings is 1. The Hall–Kier alpha value is -1.10. The van der Waals surface area contributed by atoms with E-state index in [-0.39, 0.29) is 6.61 Å². The minimum Gasteiger partial charge on any atom is -0.462 e. The molecule has 92 valence electrons. The zero-order valence-corrected chi connectivity index (χ0v) is 9.74. The van der Waals surface area contributed by atoms with Gasteiger partial charge in [0.05, 0.1) is 0 Å². The summed E-state index contributed by atoms with van der Waals surface area (Å²) in [6.07, 6.45) is 3.74. The highest BCUT2D eigenvalue weighted by Crippen LogP contribution is 2.07. The number of esters is 2. The van der Waals surface area contributed by atoms with Gasteiger partial charge in [-0.15, -0.1) is 0 Å². The summed E-state index contributed by atoms with van der Waals surface area (Å²) in [4.78, 5) is 23.8. The fourth-order valence-electron chi connectivity index (χ4n) is 1.67. The summed E-state index contributed by atoms with van der Waals surface area (Å²) in [6.45, 7) is 4.30. The topological polar surface area (TPSA) is 55.8 Å². The van der Waals surface area contributed by atoms with Crippen molar-refractivity contribution in [1.82, 2.24) is 4.90 Å². The van der Waals surface area contributed by atoms with Crippen LogP contribution < -0.4 is 0 Å². The van der Waals surface area contributed by atoms with Crippen LogP contribution in [0.5, 0.6) is 0 Å². The molecule has 1 rings (SSSR count). The van der Waals surface area contributed by atoms with Crippen molar-refractivity contribution in [3.05, 3.63) is 0 Å². The Kier molecular flexibility index (Phi) is 5.85. The van der Waals surface area contributed by atoms with Crippen LogP contribution in [0.25, 0.3) is 0 Å². The van der Waals surface area contributed by atoms with E-state index in [0.29, 0.717) is 6.61 Å². The lowest BCUT2D eigenvalue weighted by Crippen LogP contribution is -2.33. The highest BCUT2D eigenvalue weighted by molar-refractivity contribution is 5.75. The van der Waals surface area contributed by atoms with Crippen molar-refractivity contribution < 1.29 is 19.1 Å². The van der Waals surface area contributed by atoms with Gasteiger partial charge in [0, 0.05) is 13.5 Å². The highest BCUT2D eigenvalue weighted by Gasteiger charge is 2.11. The van der Waals surface area contributed by atoms with Crippen molar-refractivity contribution in [1.29, 1.82) is 0 Å². The maximum Gasteiger partial charge on any atom is 0.344 e. The molecule has 1 aliphatic heterocycles. The standard InChI is InChI=1S/C11H19NO4/c1-10(13)16-9-11(14)15-8-7-12-5-3-2-4-6-12/h2-9H2,1H3. The van der Waals surface area contributed by atoms with E-state index in [1.807, 2.05) is 0 Å². The quantitative estimate of drug-likeness (QED) is 0.645. The van der Waals surface area contributed by atoms with Crippen LogP contribution in [0.1, 0.15) is 26.2 Å². The molecule has 1 saturated heterocycles. The molecular weight excluding hydrogens is 210 g/mol. The van der Waals surface area contributed by atoms with Gasteiger partial charge in [-0.1, -0.05) is 6.42 Å². The first-order chi connectivity index (χ1) is 7.68. The molecule has 0 N–H and O–H groups in total. The van der Waals surface area contributed by atoms with Gasteiger partial charge in [0.1, 0.15) is 6.61 Å². The number of carbonyl (C=O) groups excluding carboxylic acids is 2. The van der Waals surface area contributed by atoms with Crippen molar-refractivity contribution in [2.45, 2.75) is 26.2 Å². The third kappa shape index (κ3) is 5.70. The maximum atomic E-state index is 11.1. The Morgan fingerprint density at radius 1 is 1.12 bits per heavy atom. The van der Waals surface area contributed by atoms with E-state index in [9.17, 15) is 9.59 Å². The number of nitrogens with zero attached hydrogens (tertiary/aromatic N) is 1. The number of hydrogen-bond acceptors (Lipinski definition) is 5. The molecule has 0 aromatic heterocycles. The van der Waals surface area contributed by atoms with Gasteiger partial charge in [-0.3, -0.25) is 9.69 Å². The smallest absolute Gasteiger partial charge is 0.344 e. The van der Waals surface area contributed by atoms with Crippen LogP contribution in [0.4, 0.5) is 0 Å². The third-order valence-electron chi connectivity index (χ3n) is 2.51. The largest absolute Gasteiger partial charge is 0.462 e. The number of carbonyl (C=O) groups is 2.